The van der Waals surface area contributed by atoms with Gasteiger partial charge in [0.25, 0.3) is 0 Å². The fourth-order valence-electron chi connectivity index (χ4n) is 1.61. The summed E-state index contributed by atoms with van der Waals surface area (Å²) in [4.78, 5) is 11.0. The maximum absolute atomic E-state index is 11.0. The number of ether oxygens (including phenoxy) is 2. The van der Waals surface area contributed by atoms with Gasteiger partial charge in [-0.2, -0.15) is 0 Å². The molecule has 1 aromatic carbocycles. The van der Waals surface area contributed by atoms with Crippen molar-refractivity contribution in [1.29, 1.82) is 0 Å². The van der Waals surface area contributed by atoms with Crippen LogP contribution in [-0.4, -0.2) is 30.4 Å². The highest BCUT2D eigenvalue weighted by atomic mass is 16.5. The number of carbonyl (C=O) groups excluding carboxylic acids is 1. The van der Waals surface area contributed by atoms with E-state index in [1.165, 1.54) is 6.08 Å². The number of aliphatic hydroxyl groups excluding tert-OH is 1. The monoisotopic (exact) mass is 278 g/mol. The lowest BCUT2D eigenvalue weighted by Gasteiger charge is -2.08. The van der Waals surface area contributed by atoms with Crippen molar-refractivity contribution < 1.29 is 19.4 Å². The van der Waals surface area contributed by atoms with Crippen LogP contribution >= 0.6 is 0 Å². The second-order valence-corrected chi connectivity index (χ2v) is 4.37. The Morgan fingerprint density at radius 2 is 2.10 bits per heavy atom. The van der Waals surface area contributed by atoms with Crippen molar-refractivity contribution in [2.75, 3.05) is 13.2 Å². The van der Waals surface area contributed by atoms with E-state index in [1.807, 2.05) is 30.3 Å². The van der Waals surface area contributed by atoms with Crippen LogP contribution in [0.15, 0.2) is 42.5 Å². The Kier molecular flexibility index (Phi) is 8.35. The summed E-state index contributed by atoms with van der Waals surface area (Å²) >= 11 is 0. The highest BCUT2D eigenvalue weighted by molar-refractivity contribution is 5.81. The molecule has 1 atom stereocenters. The van der Waals surface area contributed by atoms with E-state index < -0.39 is 6.10 Å². The third kappa shape index (κ3) is 7.71. The zero-order valence-electron chi connectivity index (χ0n) is 11.8. The van der Waals surface area contributed by atoms with Crippen LogP contribution in [0.3, 0.4) is 0 Å². The van der Waals surface area contributed by atoms with Crippen LogP contribution in [0.5, 0.6) is 0 Å². The zero-order chi connectivity index (χ0) is 14.6. The predicted molar refractivity (Wildman–Crippen MR) is 77.1 cm³/mol. The van der Waals surface area contributed by atoms with Gasteiger partial charge >= 0.3 is 5.97 Å². The predicted octanol–water partition coefficient (Wildman–Crippen LogP) is 2.46. The van der Waals surface area contributed by atoms with Crippen LogP contribution in [0.25, 0.3) is 0 Å². The fourth-order valence-corrected chi connectivity index (χ4v) is 1.61. The van der Waals surface area contributed by atoms with Gasteiger partial charge in [-0.15, -0.1) is 0 Å². The smallest absolute Gasteiger partial charge is 0.330 e. The molecule has 0 heterocycles. The van der Waals surface area contributed by atoms with Crippen LogP contribution in [-0.2, 0) is 20.9 Å². The van der Waals surface area contributed by atoms with Crippen molar-refractivity contribution >= 4 is 5.97 Å². The van der Waals surface area contributed by atoms with Gasteiger partial charge in [0, 0.05) is 12.7 Å². The summed E-state index contributed by atoms with van der Waals surface area (Å²) < 4.78 is 10.2. The molecular weight excluding hydrogens is 256 g/mol. The molecule has 0 aliphatic rings. The molecule has 0 amide bonds. The molecule has 20 heavy (non-hydrogen) atoms. The van der Waals surface area contributed by atoms with Gasteiger partial charge in [0.2, 0.25) is 0 Å². The first-order valence-corrected chi connectivity index (χ1v) is 6.85. The van der Waals surface area contributed by atoms with E-state index in [4.69, 9.17) is 9.47 Å². The van der Waals surface area contributed by atoms with Crippen LogP contribution in [0.1, 0.15) is 25.3 Å². The molecule has 0 bridgehead atoms. The summed E-state index contributed by atoms with van der Waals surface area (Å²) in [6, 6.07) is 9.89. The lowest BCUT2D eigenvalue weighted by Crippen LogP contribution is -2.10. The molecule has 0 aromatic heterocycles. The Balaban J connectivity index is 2.08. The highest BCUT2D eigenvalue weighted by Crippen LogP contribution is 2.04. The number of benzene rings is 1. The first-order valence-electron chi connectivity index (χ1n) is 6.85. The van der Waals surface area contributed by atoms with Gasteiger partial charge in [0.1, 0.15) is 0 Å². The minimum Gasteiger partial charge on any atom is -0.463 e. The van der Waals surface area contributed by atoms with E-state index in [9.17, 15) is 9.90 Å². The summed E-state index contributed by atoms with van der Waals surface area (Å²) in [5.41, 5.74) is 1.11. The number of carbonyl (C=O) groups is 1. The Morgan fingerprint density at radius 3 is 2.80 bits per heavy atom. The Hall–Kier alpha value is -1.65. The molecule has 1 N–H and O–H groups in total. The van der Waals surface area contributed by atoms with Crippen molar-refractivity contribution in [3.05, 3.63) is 48.0 Å². The van der Waals surface area contributed by atoms with E-state index in [0.717, 1.165) is 5.56 Å². The third-order valence-corrected chi connectivity index (χ3v) is 2.66. The van der Waals surface area contributed by atoms with Gasteiger partial charge in [0.05, 0.1) is 19.3 Å². The molecule has 0 unspecified atom stereocenters. The summed E-state index contributed by atoms with van der Waals surface area (Å²) in [5.74, 6) is -0.375. The Morgan fingerprint density at radius 1 is 1.35 bits per heavy atom. The minimum absolute atomic E-state index is 0.360. The molecule has 0 fully saturated rings. The average molecular weight is 278 g/mol. The first kappa shape index (κ1) is 16.4. The molecule has 0 radical (unpaired) electrons. The second-order valence-electron chi connectivity index (χ2n) is 4.37. The standard InChI is InChI=1S/C16H22O4/c1-2-20-16(18)10-6-9-15(17)11-12-19-13-14-7-4-3-5-8-14/h3-8,10,15,17H,2,9,11-13H2,1H3/b10-6+/t15-/m1/s1. The summed E-state index contributed by atoms with van der Waals surface area (Å²) in [6.07, 6.45) is 3.43. The quantitative estimate of drug-likeness (QED) is 0.428. The van der Waals surface area contributed by atoms with Gasteiger partial charge in [-0.05, 0) is 25.3 Å². The van der Waals surface area contributed by atoms with Crippen LogP contribution in [0.4, 0.5) is 0 Å². The molecule has 0 saturated heterocycles. The van der Waals surface area contributed by atoms with Crippen LogP contribution < -0.4 is 0 Å². The maximum Gasteiger partial charge on any atom is 0.330 e. The van der Waals surface area contributed by atoms with Gasteiger partial charge in [0.15, 0.2) is 0 Å². The SMILES string of the molecule is CCOC(=O)/C=C/C[C@@H](O)CCOCc1ccccc1. The van der Waals surface area contributed by atoms with Crippen molar-refractivity contribution in [3.63, 3.8) is 0 Å². The van der Waals surface area contributed by atoms with E-state index in [0.29, 0.717) is 32.7 Å². The van der Waals surface area contributed by atoms with Crippen molar-refractivity contribution in [3.8, 4) is 0 Å². The molecule has 4 nitrogen and oxygen atoms in total. The van der Waals surface area contributed by atoms with Gasteiger partial charge in [-0.25, -0.2) is 4.79 Å². The Bertz CT molecular complexity index is 400. The topological polar surface area (TPSA) is 55.8 Å². The molecular formula is C16H22O4. The zero-order valence-corrected chi connectivity index (χ0v) is 11.8. The number of aliphatic hydroxyl groups is 1. The molecule has 0 aliphatic carbocycles. The number of rotatable bonds is 9. The molecule has 0 spiro atoms. The van der Waals surface area contributed by atoms with Gasteiger partial charge in [-0.3, -0.25) is 0 Å². The molecule has 1 rings (SSSR count). The minimum atomic E-state index is -0.503. The highest BCUT2D eigenvalue weighted by Gasteiger charge is 2.02. The normalized spacial score (nSPS) is 12.5. The fraction of sp³-hybridized carbons (Fsp3) is 0.438. The average Bonchev–Trinajstić information content (AvgIpc) is 2.45. The third-order valence-electron chi connectivity index (χ3n) is 2.66. The van der Waals surface area contributed by atoms with Crippen LogP contribution in [0.2, 0.25) is 0 Å². The summed E-state index contributed by atoms with van der Waals surface area (Å²) in [7, 11) is 0. The van der Waals surface area contributed by atoms with E-state index in [1.54, 1.807) is 13.0 Å². The summed E-state index contributed by atoms with van der Waals surface area (Å²) in [6.45, 7) is 3.15. The Labute approximate surface area is 120 Å². The lowest BCUT2D eigenvalue weighted by molar-refractivity contribution is -0.137. The molecule has 4 heteroatoms. The summed E-state index contributed by atoms with van der Waals surface area (Å²) in [5, 5.41) is 9.71. The molecule has 110 valence electrons. The maximum atomic E-state index is 11.0. The van der Waals surface area contributed by atoms with E-state index in [2.05, 4.69) is 0 Å². The second kappa shape index (κ2) is 10.2. The van der Waals surface area contributed by atoms with Crippen molar-refractivity contribution in [2.45, 2.75) is 32.5 Å². The van der Waals surface area contributed by atoms with E-state index >= 15 is 0 Å². The molecule has 1 aromatic rings. The largest absolute Gasteiger partial charge is 0.463 e. The van der Waals surface area contributed by atoms with Gasteiger partial charge in [-0.1, -0.05) is 36.4 Å². The van der Waals surface area contributed by atoms with Crippen molar-refractivity contribution in [1.82, 2.24) is 0 Å². The van der Waals surface area contributed by atoms with Gasteiger partial charge < -0.3 is 14.6 Å². The first-order chi connectivity index (χ1) is 9.72. The van der Waals surface area contributed by atoms with E-state index in [-0.39, 0.29) is 5.97 Å². The number of esters is 1. The number of hydrogen-bond donors (Lipinski definition) is 1. The molecule has 0 saturated carbocycles. The molecule has 0 aliphatic heterocycles. The lowest BCUT2D eigenvalue weighted by atomic mass is 10.2. The van der Waals surface area contributed by atoms with Crippen molar-refractivity contribution in [2.24, 2.45) is 0 Å². The van der Waals surface area contributed by atoms with Crippen LogP contribution in [0, 0.1) is 0 Å². The number of hydrogen-bond acceptors (Lipinski definition) is 4.